The predicted molar refractivity (Wildman–Crippen MR) is 81.7 cm³/mol. The van der Waals surface area contributed by atoms with Crippen molar-refractivity contribution in [1.82, 2.24) is 9.80 Å². The Balaban J connectivity index is 2.58. The molecule has 0 unspecified atom stereocenters. The minimum Gasteiger partial charge on any atom is -0.395 e. The first-order valence-corrected chi connectivity index (χ1v) is 7.15. The smallest absolute Gasteiger partial charge is 0.236 e. The van der Waals surface area contributed by atoms with Gasteiger partial charge in [-0.3, -0.25) is 9.69 Å². The number of carbonyl (C=O) groups is 1. The van der Waals surface area contributed by atoms with Crippen LogP contribution in [0.1, 0.15) is 19.4 Å². The molecule has 0 radical (unpaired) electrons. The molecule has 0 fully saturated rings. The van der Waals surface area contributed by atoms with Gasteiger partial charge in [-0.25, -0.2) is 0 Å². The molecule has 5 heteroatoms. The molecule has 0 saturated heterocycles. The lowest BCUT2D eigenvalue weighted by atomic mass is 10.2. The Hall–Kier alpha value is -1.10. The van der Waals surface area contributed by atoms with E-state index in [1.54, 1.807) is 11.9 Å². The van der Waals surface area contributed by atoms with Crippen LogP contribution in [0.15, 0.2) is 24.3 Å². The van der Waals surface area contributed by atoms with E-state index in [0.29, 0.717) is 24.7 Å². The summed E-state index contributed by atoms with van der Waals surface area (Å²) in [7, 11) is 1.78. The molecular weight excluding hydrogens is 276 g/mol. The molecule has 1 N–H and O–H groups in total. The number of halogens is 1. The second kappa shape index (κ2) is 8.25. The lowest BCUT2D eigenvalue weighted by Crippen LogP contribution is -2.42. The van der Waals surface area contributed by atoms with Crippen LogP contribution in [-0.2, 0) is 11.3 Å². The lowest BCUT2D eigenvalue weighted by Gasteiger charge is -2.27. The molecule has 0 aliphatic rings. The van der Waals surface area contributed by atoms with E-state index in [9.17, 15) is 4.79 Å². The van der Waals surface area contributed by atoms with Gasteiger partial charge >= 0.3 is 0 Å². The summed E-state index contributed by atoms with van der Waals surface area (Å²) >= 11 is 5.94. The Morgan fingerprint density at radius 1 is 1.40 bits per heavy atom. The summed E-state index contributed by atoms with van der Waals surface area (Å²) in [5.41, 5.74) is 1.01. The van der Waals surface area contributed by atoms with Crippen LogP contribution in [0.3, 0.4) is 0 Å². The first-order chi connectivity index (χ1) is 9.43. The Morgan fingerprint density at radius 3 is 2.65 bits per heavy atom. The summed E-state index contributed by atoms with van der Waals surface area (Å²) < 4.78 is 0. The highest BCUT2D eigenvalue weighted by Crippen LogP contribution is 2.12. The molecule has 0 bridgehead atoms. The number of nitrogens with zero attached hydrogens (tertiary/aromatic N) is 2. The van der Waals surface area contributed by atoms with Gasteiger partial charge in [-0.2, -0.15) is 0 Å². The minimum atomic E-state index is 0.0344. The maximum Gasteiger partial charge on any atom is 0.236 e. The van der Waals surface area contributed by atoms with E-state index in [-0.39, 0.29) is 18.6 Å². The largest absolute Gasteiger partial charge is 0.395 e. The molecule has 1 amide bonds. The molecule has 1 aromatic carbocycles. The summed E-state index contributed by atoms with van der Waals surface area (Å²) in [4.78, 5) is 15.8. The van der Waals surface area contributed by atoms with Gasteiger partial charge in [0.05, 0.1) is 13.2 Å². The van der Waals surface area contributed by atoms with Crippen LogP contribution in [-0.4, -0.2) is 53.6 Å². The SMILES string of the molecule is CC(C)N(CCO)CC(=O)N(C)Cc1cccc(Cl)c1. The fourth-order valence-electron chi connectivity index (χ4n) is 1.94. The Bertz CT molecular complexity index is 438. The van der Waals surface area contributed by atoms with Gasteiger partial charge in [-0.1, -0.05) is 23.7 Å². The van der Waals surface area contributed by atoms with Crippen molar-refractivity contribution in [1.29, 1.82) is 0 Å². The number of amides is 1. The highest BCUT2D eigenvalue weighted by Gasteiger charge is 2.16. The molecular formula is C15H23ClN2O2. The Labute approximate surface area is 125 Å². The van der Waals surface area contributed by atoms with E-state index >= 15 is 0 Å². The number of hydrogen-bond donors (Lipinski definition) is 1. The van der Waals surface area contributed by atoms with Gasteiger partial charge in [-0.05, 0) is 31.5 Å². The zero-order chi connectivity index (χ0) is 15.1. The third kappa shape index (κ3) is 5.49. The number of aliphatic hydroxyl groups is 1. The van der Waals surface area contributed by atoms with E-state index < -0.39 is 0 Å². The monoisotopic (exact) mass is 298 g/mol. The van der Waals surface area contributed by atoms with Crippen LogP contribution in [0.2, 0.25) is 5.02 Å². The van der Waals surface area contributed by atoms with E-state index in [1.807, 2.05) is 43.0 Å². The molecule has 0 spiro atoms. The standard InChI is InChI=1S/C15H23ClN2O2/c1-12(2)18(7-8-19)11-15(20)17(3)10-13-5-4-6-14(16)9-13/h4-6,9,12,19H,7-8,10-11H2,1-3H3. The lowest BCUT2D eigenvalue weighted by molar-refractivity contribution is -0.132. The average Bonchev–Trinajstić information content (AvgIpc) is 2.37. The molecule has 1 rings (SSSR count). The maximum absolute atomic E-state index is 12.2. The van der Waals surface area contributed by atoms with E-state index in [0.717, 1.165) is 5.56 Å². The third-order valence-corrected chi connectivity index (χ3v) is 3.43. The maximum atomic E-state index is 12.2. The molecule has 20 heavy (non-hydrogen) atoms. The molecule has 0 atom stereocenters. The van der Waals surface area contributed by atoms with Crippen LogP contribution in [0.5, 0.6) is 0 Å². The fourth-order valence-corrected chi connectivity index (χ4v) is 2.15. The zero-order valence-corrected chi connectivity index (χ0v) is 13.1. The van der Waals surface area contributed by atoms with Crippen molar-refractivity contribution in [3.63, 3.8) is 0 Å². The molecule has 0 aromatic heterocycles. The predicted octanol–water partition coefficient (Wildman–Crippen LogP) is 2.00. The number of rotatable bonds is 7. The van der Waals surface area contributed by atoms with Crippen LogP contribution in [0, 0.1) is 0 Å². The number of aliphatic hydroxyl groups excluding tert-OH is 1. The molecule has 0 aliphatic heterocycles. The number of carbonyl (C=O) groups excluding carboxylic acids is 1. The van der Waals surface area contributed by atoms with Crippen molar-refractivity contribution in [3.8, 4) is 0 Å². The van der Waals surface area contributed by atoms with Crippen molar-refractivity contribution < 1.29 is 9.90 Å². The summed E-state index contributed by atoms with van der Waals surface area (Å²) in [5.74, 6) is 0.0344. The molecule has 0 aliphatic carbocycles. The van der Waals surface area contributed by atoms with Gasteiger partial charge in [0.25, 0.3) is 0 Å². The summed E-state index contributed by atoms with van der Waals surface area (Å²) in [5, 5.41) is 9.70. The van der Waals surface area contributed by atoms with Gasteiger partial charge in [0.15, 0.2) is 0 Å². The van der Waals surface area contributed by atoms with Crippen LogP contribution < -0.4 is 0 Å². The van der Waals surface area contributed by atoms with Crippen molar-refractivity contribution >= 4 is 17.5 Å². The van der Waals surface area contributed by atoms with E-state index in [2.05, 4.69) is 0 Å². The van der Waals surface area contributed by atoms with Gasteiger partial charge < -0.3 is 10.0 Å². The van der Waals surface area contributed by atoms with Gasteiger partial charge in [0.2, 0.25) is 5.91 Å². The normalized spacial score (nSPS) is 11.2. The van der Waals surface area contributed by atoms with Crippen LogP contribution >= 0.6 is 11.6 Å². The summed E-state index contributed by atoms with van der Waals surface area (Å²) in [6.45, 7) is 5.44. The van der Waals surface area contributed by atoms with Crippen molar-refractivity contribution in [2.24, 2.45) is 0 Å². The first kappa shape index (κ1) is 17.0. The average molecular weight is 299 g/mol. The Morgan fingerprint density at radius 2 is 2.10 bits per heavy atom. The highest BCUT2D eigenvalue weighted by atomic mass is 35.5. The summed E-state index contributed by atoms with van der Waals surface area (Å²) in [6, 6.07) is 7.73. The number of likely N-dealkylation sites (N-methyl/N-ethyl adjacent to an activating group) is 1. The Kier molecular flexibility index (Phi) is 6.99. The van der Waals surface area contributed by atoms with Crippen molar-refractivity contribution in [2.45, 2.75) is 26.4 Å². The van der Waals surface area contributed by atoms with Crippen molar-refractivity contribution in [3.05, 3.63) is 34.9 Å². The second-order valence-electron chi connectivity index (χ2n) is 5.17. The minimum absolute atomic E-state index is 0.0344. The molecule has 112 valence electrons. The van der Waals surface area contributed by atoms with Crippen LogP contribution in [0.4, 0.5) is 0 Å². The van der Waals surface area contributed by atoms with Gasteiger partial charge in [0, 0.05) is 31.2 Å². The third-order valence-electron chi connectivity index (χ3n) is 3.19. The quantitative estimate of drug-likeness (QED) is 0.837. The van der Waals surface area contributed by atoms with Crippen LogP contribution in [0.25, 0.3) is 0 Å². The molecule has 4 nitrogen and oxygen atoms in total. The molecule has 1 aromatic rings. The molecule has 0 saturated carbocycles. The number of hydrogen-bond acceptors (Lipinski definition) is 3. The summed E-state index contributed by atoms with van der Waals surface area (Å²) in [6.07, 6.45) is 0. The zero-order valence-electron chi connectivity index (χ0n) is 12.3. The molecule has 0 heterocycles. The van der Waals surface area contributed by atoms with Crippen molar-refractivity contribution in [2.75, 3.05) is 26.7 Å². The van der Waals surface area contributed by atoms with Gasteiger partial charge in [0.1, 0.15) is 0 Å². The van der Waals surface area contributed by atoms with E-state index in [4.69, 9.17) is 16.7 Å². The van der Waals surface area contributed by atoms with Gasteiger partial charge in [-0.15, -0.1) is 0 Å². The first-order valence-electron chi connectivity index (χ1n) is 6.77. The topological polar surface area (TPSA) is 43.8 Å². The second-order valence-corrected chi connectivity index (χ2v) is 5.60. The fraction of sp³-hybridized carbons (Fsp3) is 0.533. The van der Waals surface area contributed by atoms with E-state index in [1.165, 1.54) is 0 Å². The number of benzene rings is 1. The highest BCUT2D eigenvalue weighted by molar-refractivity contribution is 6.30.